The number of ether oxygens (including phenoxy) is 2. The summed E-state index contributed by atoms with van der Waals surface area (Å²) in [5, 5.41) is 16.5. The number of hydrazone groups is 1. The zero-order valence-corrected chi connectivity index (χ0v) is 18.4. The smallest absolute Gasteiger partial charge is 0.252 e. The molecular weight excluding hydrogens is 489 g/mol. The number of benzene rings is 2. The van der Waals surface area contributed by atoms with Crippen molar-refractivity contribution in [1.29, 1.82) is 0 Å². The van der Waals surface area contributed by atoms with Crippen molar-refractivity contribution in [2.24, 2.45) is 11.0 Å². The fraction of sp³-hybridized carbons (Fsp3) is 0.250. The minimum atomic E-state index is -0.951. The second kappa shape index (κ2) is 10.6. The highest BCUT2D eigenvalue weighted by Crippen LogP contribution is 2.32. The largest absolute Gasteiger partial charge is 0.504 e. The molecule has 0 spiro atoms. The van der Waals surface area contributed by atoms with Gasteiger partial charge in [-0.2, -0.15) is 5.10 Å². The van der Waals surface area contributed by atoms with E-state index in [-0.39, 0.29) is 5.75 Å². The van der Waals surface area contributed by atoms with Crippen LogP contribution in [0.1, 0.15) is 19.4 Å². The molecule has 2 amide bonds. The van der Waals surface area contributed by atoms with Gasteiger partial charge in [0.2, 0.25) is 5.91 Å². The average molecular weight is 511 g/mol. The first-order valence-electron chi connectivity index (χ1n) is 8.78. The number of aromatic hydroxyl groups is 1. The first-order chi connectivity index (χ1) is 13.8. The van der Waals surface area contributed by atoms with Crippen molar-refractivity contribution in [3.63, 3.8) is 0 Å². The quantitative estimate of drug-likeness (QED) is 0.219. The molecule has 29 heavy (non-hydrogen) atoms. The molecule has 3 N–H and O–H groups in total. The molecule has 2 aromatic carbocycles. The number of amides is 2. The third kappa shape index (κ3) is 6.34. The number of rotatable bonds is 8. The summed E-state index contributed by atoms with van der Waals surface area (Å²) in [6.07, 6.45) is 1.41. The summed E-state index contributed by atoms with van der Waals surface area (Å²) in [6.45, 7) is 3.70. The molecule has 0 aliphatic carbocycles. The highest BCUT2D eigenvalue weighted by Gasteiger charge is 2.21. The monoisotopic (exact) mass is 511 g/mol. The molecule has 0 bridgehead atoms. The molecule has 2 aromatic rings. The van der Waals surface area contributed by atoms with E-state index in [4.69, 9.17) is 9.47 Å². The molecule has 2 rings (SSSR count). The Morgan fingerprint density at radius 3 is 2.55 bits per heavy atom. The van der Waals surface area contributed by atoms with Crippen LogP contribution in [0.15, 0.2) is 41.5 Å². The Balaban J connectivity index is 1.95. The van der Waals surface area contributed by atoms with Crippen LogP contribution in [0, 0.1) is 9.49 Å². The number of carbonyl (C=O) groups is 2. The van der Waals surface area contributed by atoms with E-state index < -0.39 is 17.7 Å². The Hall–Kier alpha value is -2.82. The number of nitrogens with one attached hydrogen (secondary N) is 2. The molecule has 154 valence electrons. The van der Waals surface area contributed by atoms with Crippen LogP contribution >= 0.6 is 22.6 Å². The standard InChI is InChI=1S/C20H22IN3O5/c1-4-29-17-10-13(9-16(21)18(17)25)11-22-24-20(27)12(2)19(26)23-14-5-7-15(28-3)8-6-14/h5-12,25H,4H2,1-3H3,(H,23,26)(H,24,27). The van der Waals surface area contributed by atoms with Gasteiger partial charge in [-0.15, -0.1) is 0 Å². The maximum Gasteiger partial charge on any atom is 0.252 e. The zero-order chi connectivity index (χ0) is 21.4. The van der Waals surface area contributed by atoms with Crippen molar-refractivity contribution in [2.45, 2.75) is 13.8 Å². The van der Waals surface area contributed by atoms with Gasteiger partial charge in [-0.05, 0) is 78.4 Å². The van der Waals surface area contributed by atoms with Gasteiger partial charge >= 0.3 is 0 Å². The maximum absolute atomic E-state index is 12.2. The van der Waals surface area contributed by atoms with Crippen LogP contribution in [-0.4, -0.2) is 36.9 Å². The van der Waals surface area contributed by atoms with Crippen molar-refractivity contribution in [1.82, 2.24) is 5.43 Å². The predicted octanol–water partition coefficient (Wildman–Crippen LogP) is 3.13. The Labute approximate surface area is 182 Å². The minimum Gasteiger partial charge on any atom is -0.504 e. The highest BCUT2D eigenvalue weighted by molar-refractivity contribution is 14.1. The topological polar surface area (TPSA) is 109 Å². The predicted molar refractivity (Wildman–Crippen MR) is 119 cm³/mol. The van der Waals surface area contributed by atoms with E-state index in [1.54, 1.807) is 43.5 Å². The van der Waals surface area contributed by atoms with Crippen LogP contribution in [-0.2, 0) is 9.59 Å². The van der Waals surface area contributed by atoms with E-state index >= 15 is 0 Å². The molecule has 0 aromatic heterocycles. The van der Waals surface area contributed by atoms with Gasteiger partial charge in [0.15, 0.2) is 11.5 Å². The summed E-state index contributed by atoms with van der Waals surface area (Å²) in [5.41, 5.74) is 3.53. The molecule has 0 saturated heterocycles. The number of hydrogen-bond donors (Lipinski definition) is 3. The van der Waals surface area contributed by atoms with E-state index in [1.165, 1.54) is 13.1 Å². The Morgan fingerprint density at radius 2 is 1.93 bits per heavy atom. The number of methoxy groups -OCH3 is 1. The van der Waals surface area contributed by atoms with Gasteiger partial charge in [-0.3, -0.25) is 9.59 Å². The van der Waals surface area contributed by atoms with Crippen LogP contribution in [0.5, 0.6) is 17.2 Å². The SMILES string of the molecule is CCOc1cc(C=NNC(=O)C(C)C(=O)Nc2ccc(OC)cc2)cc(I)c1O. The van der Waals surface area contributed by atoms with Gasteiger partial charge in [-0.1, -0.05) is 0 Å². The Morgan fingerprint density at radius 1 is 1.24 bits per heavy atom. The lowest BCUT2D eigenvalue weighted by atomic mass is 10.1. The Kier molecular flexibility index (Phi) is 8.25. The van der Waals surface area contributed by atoms with Gasteiger partial charge in [-0.25, -0.2) is 5.43 Å². The number of carbonyl (C=O) groups excluding carboxylic acids is 2. The lowest BCUT2D eigenvalue weighted by Crippen LogP contribution is -2.34. The first kappa shape index (κ1) is 22.5. The average Bonchev–Trinajstić information content (AvgIpc) is 2.71. The summed E-state index contributed by atoms with van der Waals surface area (Å²) >= 11 is 1.97. The van der Waals surface area contributed by atoms with Crippen LogP contribution in [0.3, 0.4) is 0 Å². The number of hydrogen-bond acceptors (Lipinski definition) is 6. The third-order valence-electron chi connectivity index (χ3n) is 3.88. The van der Waals surface area contributed by atoms with Gasteiger partial charge in [0.05, 0.1) is 23.5 Å². The fourth-order valence-corrected chi connectivity index (χ4v) is 2.87. The lowest BCUT2D eigenvalue weighted by molar-refractivity contribution is -0.131. The number of anilines is 1. The van der Waals surface area contributed by atoms with Crippen LogP contribution in [0.4, 0.5) is 5.69 Å². The van der Waals surface area contributed by atoms with E-state index in [0.29, 0.717) is 32.9 Å². The Bertz CT molecular complexity index is 900. The van der Waals surface area contributed by atoms with E-state index in [1.807, 2.05) is 29.5 Å². The normalized spacial score (nSPS) is 11.7. The highest BCUT2D eigenvalue weighted by atomic mass is 127. The number of halogens is 1. The number of phenolic OH excluding ortho intramolecular Hbond substituents is 1. The van der Waals surface area contributed by atoms with Gasteiger partial charge in [0, 0.05) is 5.69 Å². The molecule has 9 heteroatoms. The second-order valence-corrected chi connectivity index (χ2v) is 7.12. The molecule has 0 fully saturated rings. The van der Waals surface area contributed by atoms with Crippen molar-refractivity contribution in [3.8, 4) is 17.2 Å². The van der Waals surface area contributed by atoms with E-state index in [9.17, 15) is 14.7 Å². The molecular formula is C20H22IN3O5. The molecule has 0 aliphatic rings. The van der Waals surface area contributed by atoms with Gasteiger partial charge < -0.3 is 19.9 Å². The van der Waals surface area contributed by atoms with Crippen molar-refractivity contribution in [2.75, 3.05) is 19.0 Å². The zero-order valence-electron chi connectivity index (χ0n) is 16.2. The summed E-state index contributed by atoms with van der Waals surface area (Å²) in [5.74, 6) is -0.906. The van der Waals surface area contributed by atoms with Crippen molar-refractivity contribution < 1.29 is 24.2 Å². The minimum absolute atomic E-state index is 0.0532. The molecule has 8 nitrogen and oxygen atoms in total. The van der Waals surface area contributed by atoms with Crippen molar-refractivity contribution in [3.05, 3.63) is 45.5 Å². The van der Waals surface area contributed by atoms with Crippen molar-refractivity contribution >= 4 is 46.3 Å². The summed E-state index contributed by atoms with van der Waals surface area (Å²) < 4.78 is 11.0. The lowest BCUT2D eigenvalue weighted by Gasteiger charge is -2.11. The first-order valence-corrected chi connectivity index (χ1v) is 9.86. The number of phenols is 1. The second-order valence-electron chi connectivity index (χ2n) is 5.96. The molecule has 0 aliphatic heterocycles. The molecule has 0 radical (unpaired) electrons. The van der Waals surface area contributed by atoms with Crippen LogP contribution in [0.2, 0.25) is 0 Å². The summed E-state index contributed by atoms with van der Waals surface area (Å²) in [6, 6.07) is 10.1. The van der Waals surface area contributed by atoms with Gasteiger partial charge in [0.1, 0.15) is 11.7 Å². The van der Waals surface area contributed by atoms with E-state index in [0.717, 1.165) is 0 Å². The number of nitrogens with zero attached hydrogens (tertiary/aromatic N) is 1. The molecule has 0 heterocycles. The van der Waals surface area contributed by atoms with Crippen LogP contribution < -0.4 is 20.2 Å². The van der Waals surface area contributed by atoms with Gasteiger partial charge in [0.25, 0.3) is 5.91 Å². The molecule has 1 atom stereocenters. The maximum atomic E-state index is 12.2. The molecule has 0 saturated carbocycles. The fourth-order valence-electron chi connectivity index (χ4n) is 2.25. The van der Waals surface area contributed by atoms with Crippen LogP contribution in [0.25, 0.3) is 0 Å². The molecule has 1 unspecified atom stereocenters. The van der Waals surface area contributed by atoms with E-state index in [2.05, 4.69) is 15.8 Å². The summed E-state index contributed by atoms with van der Waals surface area (Å²) in [7, 11) is 1.55. The third-order valence-corrected chi connectivity index (χ3v) is 4.71. The summed E-state index contributed by atoms with van der Waals surface area (Å²) in [4.78, 5) is 24.4.